The van der Waals surface area contributed by atoms with Gasteiger partial charge in [0.2, 0.25) is 5.28 Å². The Morgan fingerprint density at radius 3 is 2.81 bits per heavy atom. The predicted octanol–water partition coefficient (Wildman–Crippen LogP) is 1.98. The first kappa shape index (κ1) is 10.9. The Morgan fingerprint density at radius 1 is 1.38 bits per heavy atom. The second-order valence-corrected chi connectivity index (χ2v) is 3.25. The molecule has 2 heterocycles. The van der Waals surface area contributed by atoms with Crippen LogP contribution in [0.1, 0.15) is 0 Å². The van der Waals surface area contributed by atoms with Crippen molar-refractivity contribution in [3.05, 3.63) is 11.6 Å². The van der Waals surface area contributed by atoms with Gasteiger partial charge in [-0.05, 0) is 11.6 Å². The number of rotatable bonds is 2. The van der Waals surface area contributed by atoms with Crippen LogP contribution in [0.25, 0.3) is 11.2 Å². The normalized spacial score (nSPS) is 12.0. The van der Waals surface area contributed by atoms with Crippen LogP contribution in [0, 0.1) is 0 Å². The quantitative estimate of drug-likeness (QED) is 0.801. The van der Waals surface area contributed by atoms with Gasteiger partial charge in [-0.3, -0.25) is 0 Å². The summed E-state index contributed by atoms with van der Waals surface area (Å²) in [6.07, 6.45) is -3.03. The Labute approximate surface area is 92.1 Å². The van der Waals surface area contributed by atoms with Crippen molar-refractivity contribution in [2.45, 2.75) is 6.18 Å². The lowest BCUT2D eigenvalue weighted by molar-refractivity contribution is -0.115. The predicted molar refractivity (Wildman–Crippen MR) is 51.2 cm³/mol. The number of aromatic nitrogens is 4. The first-order valence-electron chi connectivity index (χ1n) is 4.13. The zero-order valence-electron chi connectivity index (χ0n) is 7.64. The number of anilines is 1. The highest BCUT2D eigenvalue weighted by atomic mass is 35.5. The molecule has 0 spiro atoms. The molecule has 0 radical (unpaired) electrons. The van der Waals surface area contributed by atoms with Gasteiger partial charge in [-0.2, -0.15) is 23.1 Å². The fraction of sp³-hybridized carbons (Fsp3) is 0.286. The molecule has 5 nitrogen and oxygen atoms in total. The summed E-state index contributed by atoms with van der Waals surface area (Å²) in [4.78, 5) is 13.8. The van der Waals surface area contributed by atoms with Crippen molar-refractivity contribution >= 4 is 28.6 Å². The molecule has 16 heavy (non-hydrogen) atoms. The average Bonchev–Trinajstić information content (AvgIpc) is 2.60. The molecule has 2 aromatic heterocycles. The highest BCUT2D eigenvalue weighted by Gasteiger charge is 2.27. The molecule has 0 amide bonds. The number of imidazole rings is 1. The summed E-state index contributed by atoms with van der Waals surface area (Å²) in [5, 5.41) is 1.96. The number of hydrogen-bond acceptors (Lipinski definition) is 4. The molecular formula is C7H5ClF3N5. The van der Waals surface area contributed by atoms with Gasteiger partial charge in [0.05, 0.1) is 6.33 Å². The van der Waals surface area contributed by atoms with Gasteiger partial charge >= 0.3 is 6.18 Å². The van der Waals surface area contributed by atoms with Gasteiger partial charge in [0, 0.05) is 0 Å². The molecule has 0 aliphatic carbocycles. The number of H-pyrrole nitrogens is 1. The fourth-order valence-corrected chi connectivity index (χ4v) is 1.28. The van der Waals surface area contributed by atoms with Gasteiger partial charge in [0.25, 0.3) is 0 Å². The van der Waals surface area contributed by atoms with E-state index >= 15 is 0 Å². The minimum absolute atomic E-state index is 0.0233. The smallest absolute Gasteiger partial charge is 0.359 e. The van der Waals surface area contributed by atoms with Crippen molar-refractivity contribution in [1.29, 1.82) is 0 Å². The summed E-state index contributed by atoms with van der Waals surface area (Å²) in [6.45, 7) is -1.20. The summed E-state index contributed by atoms with van der Waals surface area (Å²) < 4.78 is 36.0. The van der Waals surface area contributed by atoms with E-state index in [1.807, 2.05) is 0 Å². The fourth-order valence-electron chi connectivity index (χ4n) is 1.12. The Kier molecular flexibility index (Phi) is 2.58. The maximum absolute atomic E-state index is 12.0. The first-order valence-corrected chi connectivity index (χ1v) is 4.51. The van der Waals surface area contributed by atoms with E-state index in [0.29, 0.717) is 0 Å². The molecule has 0 saturated carbocycles. The molecular weight excluding hydrogens is 247 g/mol. The van der Waals surface area contributed by atoms with Gasteiger partial charge < -0.3 is 10.3 Å². The summed E-state index contributed by atoms with van der Waals surface area (Å²) in [5.74, 6) is -0.0233. The lowest BCUT2D eigenvalue weighted by atomic mass is 10.5. The summed E-state index contributed by atoms with van der Waals surface area (Å²) >= 11 is 5.53. The standard InChI is InChI=1S/C7H5ClF3N5/c8-6-15-4(12-1-7(9,10)11)3-5(16-6)14-2-13-3/h2H,1H2,(H2,12,13,14,15,16). The summed E-state index contributed by atoms with van der Waals surface area (Å²) in [5.41, 5.74) is 0.498. The zero-order valence-corrected chi connectivity index (χ0v) is 8.39. The monoisotopic (exact) mass is 251 g/mol. The van der Waals surface area contributed by atoms with Gasteiger partial charge in [-0.1, -0.05) is 0 Å². The third-order valence-electron chi connectivity index (χ3n) is 1.71. The number of nitrogens with zero attached hydrogens (tertiary/aromatic N) is 3. The third-order valence-corrected chi connectivity index (χ3v) is 1.88. The van der Waals surface area contributed by atoms with Crippen LogP contribution in [-0.4, -0.2) is 32.7 Å². The summed E-state index contributed by atoms with van der Waals surface area (Å²) in [6, 6.07) is 0. The van der Waals surface area contributed by atoms with Crippen molar-refractivity contribution in [2.75, 3.05) is 11.9 Å². The molecule has 0 aliphatic rings. The largest absolute Gasteiger partial charge is 0.405 e. The van der Waals surface area contributed by atoms with Crippen LogP contribution in [0.3, 0.4) is 0 Å². The Morgan fingerprint density at radius 2 is 2.12 bits per heavy atom. The van der Waals surface area contributed by atoms with Crippen LogP contribution >= 0.6 is 11.6 Å². The van der Waals surface area contributed by atoms with Crippen LogP contribution in [0.15, 0.2) is 6.33 Å². The van der Waals surface area contributed by atoms with Crippen LogP contribution in [0.5, 0.6) is 0 Å². The van der Waals surface area contributed by atoms with Crippen LogP contribution < -0.4 is 5.32 Å². The van der Waals surface area contributed by atoms with Crippen molar-refractivity contribution in [3.63, 3.8) is 0 Å². The number of nitrogens with one attached hydrogen (secondary N) is 2. The van der Waals surface area contributed by atoms with Crippen molar-refractivity contribution in [1.82, 2.24) is 19.9 Å². The molecule has 0 bridgehead atoms. The van der Waals surface area contributed by atoms with Crippen LogP contribution in [0.4, 0.5) is 19.0 Å². The number of fused-ring (bicyclic) bond motifs is 1. The van der Waals surface area contributed by atoms with Gasteiger partial charge in [-0.25, -0.2) is 4.98 Å². The molecule has 0 saturated heterocycles. The van der Waals surface area contributed by atoms with Crippen LogP contribution in [0.2, 0.25) is 5.28 Å². The van der Waals surface area contributed by atoms with Gasteiger partial charge in [0.15, 0.2) is 11.5 Å². The van der Waals surface area contributed by atoms with Gasteiger partial charge in [0.1, 0.15) is 12.1 Å². The SMILES string of the molecule is FC(F)(F)CNc1nc(Cl)nc2nc[nH]c12. The Bertz CT molecular complexity index is 508. The average molecular weight is 252 g/mol. The number of halogens is 4. The second kappa shape index (κ2) is 3.78. The highest BCUT2D eigenvalue weighted by molar-refractivity contribution is 6.28. The van der Waals surface area contributed by atoms with E-state index in [2.05, 4.69) is 25.3 Å². The molecule has 2 N–H and O–H groups in total. The Balaban J connectivity index is 2.32. The van der Waals surface area contributed by atoms with E-state index < -0.39 is 12.7 Å². The highest BCUT2D eigenvalue weighted by Crippen LogP contribution is 2.21. The molecule has 0 aliphatic heterocycles. The third kappa shape index (κ3) is 2.32. The molecule has 9 heteroatoms. The van der Waals surface area contributed by atoms with E-state index in [-0.39, 0.29) is 22.3 Å². The zero-order chi connectivity index (χ0) is 11.8. The van der Waals surface area contributed by atoms with Crippen molar-refractivity contribution in [3.8, 4) is 0 Å². The van der Waals surface area contributed by atoms with Gasteiger partial charge in [-0.15, -0.1) is 0 Å². The van der Waals surface area contributed by atoms with Crippen LogP contribution in [-0.2, 0) is 0 Å². The van der Waals surface area contributed by atoms with E-state index in [4.69, 9.17) is 11.6 Å². The lowest BCUT2D eigenvalue weighted by Crippen LogP contribution is -2.22. The maximum Gasteiger partial charge on any atom is 0.405 e. The number of hydrogen-bond donors (Lipinski definition) is 2. The van der Waals surface area contributed by atoms with E-state index in [9.17, 15) is 13.2 Å². The topological polar surface area (TPSA) is 66.5 Å². The number of alkyl halides is 3. The molecule has 2 rings (SSSR count). The first-order chi connectivity index (χ1) is 7.46. The lowest BCUT2D eigenvalue weighted by Gasteiger charge is -2.08. The van der Waals surface area contributed by atoms with Crippen molar-refractivity contribution in [2.24, 2.45) is 0 Å². The second-order valence-electron chi connectivity index (χ2n) is 2.91. The van der Waals surface area contributed by atoms with E-state index in [0.717, 1.165) is 0 Å². The maximum atomic E-state index is 12.0. The molecule has 86 valence electrons. The minimum Gasteiger partial charge on any atom is -0.359 e. The van der Waals surface area contributed by atoms with E-state index in [1.165, 1.54) is 6.33 Å². The minimum atomic E-state index is -4.33. The molecule has 0 fully saturated rings. The molecule has 0 atom stereocenters. The van der Waals surface area contributed by atoms with E-state index in [1.54, 1.807) is 0 Å². The van der Waals surface area contributed by atoms with Crippen molar-refractivity contribution < 1.29 is 13.2 Å². The number of aromatic amines is 1. The molecule has 2 aromatic rings. The molecule has 0 unspecified atom stereocenters. The Hall–Kier alpha value is -1.57. The molecule has 0 aromatic carbocycles. The summed E-state index contributed by atoms with van der Waals surface area (Å²) in [7, 11) is 0.